The van der Waals surface area contributed by atoms with Crippen molar-refractivity contribution >= 4 is 33.3 Å². The molecule has 0 fully saturated rings. The van der Waals surface area contributed by atoms with Crippen LogP contribution >= 0.6 is 0 Å². The summed E-state index contributed by atoms with van der Waals surface area (Å²) < 4.78 is 4.74. The number of nitrogens with zero attached hydrogens (tertiary/aromatic N) is 2. The van der Waals surface area contributed by atoms with Gasteiger partial charge in [-0.05, 0) is 41.1 Å². The molecule has 0 bridgehead atoms. The number of carbonyl (C=O) groups excluding carboxylic acids is 1. The lowest BCUT2D eigenvalue weighted by molar-refractivity contribution is 0.0601. The summed E-state index contributed by atoms with van der Waals surface area (Å²) >= 11 is 0. The number of esters is 1. The number of H-pyrrole nitrogens is 1. The van der Waals surface area contributed by atoms with Crippen LogP contribution in [0, 0.1) is 0 Å². The van der Waals surface area contributed by atoms with E-state index in [0.29, 0.717) is 28.8 Å². The Bertz CT molecular complexity index is 1250. The van der Waals surface area contributed by atoms with Crippen molar-refractivity contribution in [1.29, 1.82) is 0 Å². The summed E-state index contributed by atoms with van der Waals surface area (Å²) in [4.78, 5) is 33.5. The summed E-state index contributed by atoms with van der Waals surface area (Å²) in [6.45, 7) is 0.423. The van der Waals surface area contributed by atoms with Crippen molar-refractivity contribution < 1.29 is 9.53 Å². The first-order valence-electron chi connectivity index (χ1n) is 8.86. The minimum atomic E-state index is -0.459. The average molecular weight is 373 g/mol. The number of fused-ring (bicyclic) bond motifs is 2. The number of hydrogen-bond donors (Lipinski definition) is 1. The highest BCUT2D eigenvalue weighted by Crippen LogP contribution is 2.22. The number of carbonyl (C=O) groups is 1. The molecule has 28 heavy (non-hydrogen) atoms. The maximum absolute atomic E-state index is 12.4. The molecule has 0 radical (unpaired) electrons. The van der Waals surface area contributed by atoms with Gasteiger partial charge in [0.2, 0.25) is 0 Å². The van der Waals surface area contributed by atoms with Crippen LogP contribution in [-0.2, 0) is 11.3 Å². The van der Waals surface area contributed by atoms with Crippen LogP contribution < -0.4 is 10.5 Å². The van der Waals surface area contributed by atoms with Crippen molar-refractivity contribution in [2.45, 2.75) is 6.54 Å². The molecule has 140 valence electrons. The number of hydrogen-bond acceptors (Lipinski definition) is 5. The van der Waals surface area contributed by atoms with Gasteiger partial charge in [0.1, 0.15) is 5.82 Å². The van der Waals surface area contributed by atoms with E-state index in [-0.39, 0.29) is 5.56 Å². The summed E-state index contributed by atoms with van der Waals surface area (Å²) in [5, 5.41) is 2.76. The van der Waals surface area contributed by atoms with Crippen molar-refractivity contribution in [1.82, 2.24) is 9.97 Å². The van der Waals surface area contributed by atoms with E-state index in [9.17, 15) is 9.59 Å². The van der Waals surface area contributed by atoms with Gasteiger partial charge in [0, 0.05) is 12.7 Å². The van der Waals surface area contributed by atoms with Crippen LogP contribution in [0.1, 0.15) is 16.2 Å². The molecule has 0 spiro atoms. The zero-order chi connectivity index (χ0) is 19.7. The van der Waals surface area contributed by atoms with Gasteiger partial charge in [-0.25, -0.2) is 9.78 Å². The normalized spacial score (nSPS) is 10.9. The number of ether oxygens (including phenoxy) is 1. The van der Waals surface area contributed by atoms with Gasteiger partial charge in [-0.2, -0.15) is 0 Å². The second kappa shape index (κ2) is 7.15. The van der Waals surface area contributed by atoms with Crippen molar-refractivity contribution in [3.8, 4) is 0 Å². The van der Waals surface area contributed by atoms with Crippen molar-refractivity contribution in [3.63, 3.8) is 0 Å². The van der Waals surface area contributed by atoms with Gasteiger partial charge in [0.05, 0.1) is 30.1 Å². The van der Waals surface area contributed by atoms with Gasteiger partial charge in [0.15, 0.2) is 0 Å². The molecule has 6 nitrogen and oxygen atoms in total. The molecule has 1 aromatic heterocycles. The Morgan fingerprint density at radius 1 is 1.07 bits per heavy atom. The minimum absolute atomic E-state index is 0.233. The maximum Gasteiger partial charge on any atom is 0.337 e. The van der Waals surface area contributed by atoms with Gasteiger partial charge >= 0.3 is 5.97 Å². The molecule has 4 rings (SSSR count). The predicted molar refractivity (Wildman–Crippen MR) is 110 cm³/mol. The zero-order valence-corrected chi connectivity index (χ0v) is 15.6. The fourth-order valence-corrected chi connectivity index (χ4v) is 3.24. The molecule has 0 saturated heterocycles. The Balaban J connectivity index is 1.67. The first-order valence-corrected chi connectivity index (χ1v) is 8.86. The fourth-order valence-electron chi connectivity index (χ4n) is 3.24. The molecule has 0 unspecified atom stereocenters. The van der Waals surface area contributed by atoms with Crippen molar-refractivity contribution in [2.24, 2.45) is 0 Å². The third-order valence-electron chi connectivity index (χ3n) is 4.74. The van der Waals surface area contributed by atoms with Gasteiger partial charge in [-0.3, -0.25) is 4.79 Å². The molecule has 0 atom stereocenters. The Morgan fingerprint density at radius 3 is 2.64 bits per heavy atom. The molecule has 0 amide bonds. The summed E-state index contributed by atoms with van der Waals surface area (Å²) in [6.07, 6.45) is 0. The van der Waals surface area contributed by atoms with E-state index in [1.807, 2.05) is 30.1 Å². The van der Waals surface area contributed by atoms with Crippen LogP contribution in [0.15, 0.2) is 65.5 Å². The summed E-state index contributed by atoms with van der Waals surface area (Å²) in [6, 6.07) is 19.1. The van der Waals surface area contributed by atoms with E-state index < -0.39 is 5.97 Å². The molecule has 6 heteroatoms. The number of benzene rings is 3. The van der Waals surface area contributed by atoms with Gasteiger partial charge in [0.25, 0.3) is 5.56 Å². The minimum Gasteiger partial charge on any atom is -0.465 e. The van der Waals surface area contributed by atoms with E-state index >= 15 is 0 Å². The van der Waals surface area contributed by atoms with Crippen LogP contribution in [0.25, 0.3) is 21.7 Å². The van der Waals surface area contributed by atoms with E-state index in [2.05, 4.69) is 34.2 Å². The highest BCUT2D eigenvalue weighted by atomic mass is 16.5. The van der Waals surface area contributed by atoms with Crippen LogP contribution in [-0.4, -0.2) is 30.1 Å². The third kappa shape index (κ3) is 3.32. The Labute approximate surface area is 161 Å². The van der Waals surface area contributed by atoms with Crippen LogP contribution in [0.2, 0.25) is 0 Å². The Morgan fingerprint density at radius 2 is 1.86 bits per heavy atom. The number of methoxy groups -OCH3 is 1. The highest BCUT2D eigenvalue weighted by molar-refractivity contribution is 5.94. The molecule has 0 aliphatic carbocycles. The monoisotopic (exact) mass is 373 g/mol. The smallest absolute Gasteiger partial charge is 0.337 e. The van der Waals surface area contributed by atoms with Crippen LogP contribution in [0.3, 0.4) is 0 Å². The van der Waals surface area contributed by atoms with Gasteiger partial charge in [-0.1, -0.05) is 30.3 Å². The molecule has 3 aromatic carbocycles. The Kier molecular flexibility index (Phi) is 4.53. The van der Waals surface area contributed by atoms with E-state index in [4.69, 9.17) is 4.74 Å². The van der Waals surface area contributed by atoms with Gasteiger partial charge < -0.3 is 14.6 Å². The quantitative estimate of drug-likeness (QED) is 0.554. The maximum atomic E-state index is 12.4. The second-order valence-electron chi connectivity index (χ2n) is 6.62. The first kappa shape index (κ1) is 17.7. The summed E-state index contributed by atoms with van der Waals surface area (Å²) in [5.74, 6) is 0.0639. The molecule has 1 heterocycles. The largest absolute Gasteiger partial charge is 0.465 e. The number of aromatic nitrogens is 2. The number of rotatable bonds is 4. The predicted octanol–water partition coefficient (Wildman–Crippen LogP) is 3.50. The van der Waals surface area contributed by atoms with E-state index in [1.165, 1.54) is 12.5 Å². The van der Waals surface area contributed by atoms with Crippen molar-refractivity contribution in [2.75, 3.05) is 19.1 Å². The molecule has 4 aromatic rings. The average Bonchev–Trinajstić information content (AvgIpc) is 2.72. The lowest BCUT2D eigenvalue weighted by Gasteiger charge is -2.19. The van der Waals surface area contributed by atoms with Crippen molar-refractivity contribution in [3.05, 3.63) is 82.4 Å². The lowest BCUT2D eigenvalue weighted by atomic mass is 10.1. The van der Waals surface area contributed by atoms with E-state index in [0.717, 1.165) is 11.1 Å². The molecule has 0 aliphatic rings. The van der Waals surface area contributed by atoms with E-state index in [1.54, 1.807) is 18.2 Å². The molecular weight excluding hydrogens is 354 g/mol. The molecular formula is C22H19N3O3. The standard InChI is InChI=1S/C22H19N3O3/c1-25(17-9-7-14-5-3-4-6-15(14)11-17)13-20-23-19-12-16(22(27)28-2)8-10-18(19)21(26)24-20/h3-12H,13H2,1-2H3,(H,23,24,26). The third-order valence-corrected chi connectivity index (χ3v) is 4.74. The SMILES string of the molecule is COC(=O)c1ccc2c(=O)[nH]c(CN(C)c3ccc4ccccc4c3)nc2c1. The van der Waals surface area contributed by atoms with Crippen LogP contribution in [0.5, 0.6) is 0 Å². The molecule has 0 saturated carbocycles. The molecule has 0 aliphatic heterocycles. The van der Waals surface area contributed by atoms with Crippen LogP contribution in [0.4, 0.5) is 5.69 Å². The topological polar surface area (TPSA) is 75.3 Å². The van der Waals surface area contributed by atoms with Gasteiger partial charge in [-0.15, -0.1) is 0 Å². The second-order valence-corrected chi connectivity index (χ2v) is 6.62. The first-order chi connectivity index (χ1) is 13.5. The summed E-state index contributed by atoms with van der Waals surface area (Å²) in [5.41, 5.74) is 1.61. The number of aromatic amines is 1. The fraction of sp³-hybridized carbons (Fsp3) is 0.136. The number of nitrogens with one attached hydrogen (secondary N) is 1. The summed E-state index contributed by atoms with van der Waals surface area (Å²) in [7, 11) is 3.26. The number of anilines is 1. The Hall–Kier alpha value is -3.67. The zero-order valence-electron chi connectivity index (χ0n) is 15.6. The molecule has 1 N–H and O–H groups in total. The highest BCUT2D eigenvalue weighted by Gasteiger charge is 2.11. The lowest BCUT2D eigenvalue weighted by Crippen LogP contribution is -2.21.